The van der Waals surface area contributed by atoms with Crippen LogP contribution in [0.4, 0.5) is 5.69 Å². The van der Waals surface area contributed by atoms with Crippen molar-refractivity contribution < 1.29 is 18.0 Å². The molecule has 0 heterocycles. The van der Waals surface area contributed by atoms with E-state index in [1.54, 1.807) is 24.3 Å². The quantitative estimate of drug-likeness (QED) is 0.730. The van der Waals surface area contributed by atoms with Gasteiger partial charge in [-0.15, -0.1) is 0 Å². The van der Waals surface area contributed by atoms with E-state index in [9.17, 15) is 18.0 Å². The minimum Gasteiger partial charge on any atom is -0.347 e. The SMILES string of the molecule is CNS(=O)(=O)c1ccc(C(=O)Nc2ccccc2C(=O)NC(C)(C)C)cc1. The summed E-state index contributed by atoms with van der Waals surface area (Å²) in [5.41, 5.74) is 0.574. The highest BCUT2D eigenvalue weighted by molar-refractivity contribution is 7.89. The first-order chi connectivity index (χ1) is 12.5. The summed E-state index contributed by atoms with van der Waals surface area (Å²) in [5.74, 6) is -0.742. The van der Waals surface area contributed by atoms with Gasteiger partial charge in [-0.25, -0.2) is 13.1 Å². The maximum Gasteiger partial charge on any atom is 0.255 e. The normalized spacial score (nSPS) is 11.7. The lowest BCUT2D eigenvalue weighted by molar-refractivity contribution is 0.0920. The van der Waals surface area contributed by atoms with Gasteiger partial charge in [0.2, 0.25) is 10.0 Å². The number of carbonyl (C=O) groups excluding carboxylic acids is 2. The van der Waals surface area contributed by atoms with E-state index in [0.29, 0.717) is 11.3 Å². The highest BCUT2D eigenvalue weighted by Gasteiger charge is 2.19. The molecule has 0 fully saturated rings. The molecule has 0 aliphatic carbocycles. The third-order valence-corrected chi connectivity index (χ3v) is 5.03. The van der Waals surface area contributed by atoms with Gasteiger partial charge < -0.3 is 10.6 Å². The predicted octanol–water partition coefficient (Wildman–Crippen LogP) is 2.38. The molecule has 0 atom stereocenters. The molecule has 0 spiro atoms. The van der Waals surface area contributed by atoms with Gasteiger partial charge in [-0.2, -0.15) is 0 Å². The first-order valence-corrected chi connectivity index (χ1v) is 9.78. The number of amides is 2. The maximum absolute atomic E-state index is 12.5. The molecule has 7 nitrogen and oxygen atoms in total. The van der Waals surface area contributed by atoms with Gasteiger partial charge in [0.15, 0.2) is 0 Å². The fraction of sp³-hybridized carbons (Fsp3) is 0.263. The number of para-hydroxylation sites is 1. The minimum atomic E-state index is -3.57. The average Bonchev–Trinajstić information content (AvgIpc) is 2.60. The van der Waals surface area contributed by atoms with Crippen molar-refractivity contribution in [2.45, 2.75) is 31.2 Å². The standard InChI is InChI=1S/C19H23N3O4S/c1-19(2,3)22-18(24)15-7-5-6-8-16(15)21-17(23)13-9-11-14(12-10-13)27(25,26)20-4/h5-12,20H,1-4H3,(H,21,23)(H,22,24). The van der Waals surface area contributed by atoms with Crippen molar-refractivity contribution in [1.82, 2.24) is 10.0 Å². The van der Waals surface area contributed by atoms with E-state index >= 15 is 0 Å². The van der Waals surface area contributed by atoms with Gasteiger partial charge >= 0.3 is 0 Å². The van der Waals surface area contributed by atoms with Gasteiger partial charge in [-0.05, 0) is 64.2 Å². The molecule has 0 bridgehead atoms. The van der Waals surface area contributed by atoms with E-state index in [-0.39, 0.29) is 16.4 Å². The molecule has 0 saturated heterocycles. The van der Waals surface area contributed by atoms with E-state index in [2.05, 4.69) is 15.4 Å². The van der Waals surface area contributed by atoms with E-state index in [1.807, 2.05) is 20.8 Å². The molecule has 0 aliphatic rings. The van der Waals surface area contributed by atoms with Crippen LogP contribution in [0.5, 0.6) is 0 Å². The highest BCUT2D eigenvalue weighted by Crippen LogP contribution is 2.18. The lowest BCUT2D eigenvalue weighted by Gasteiger charge is -2.21. The van der Waals surface area contributed by atoms with Crippen LogP contribution in [0.2, 0.25) is 0 Å². The average molecular weight is 389 g/mol. The molecule has 144 valence electrons. The number of benzene rings is 2. The summed E-state index contributed by atoms with van der Waals surface area (Å²) in [5, 5.41) is 5.56. The lowest BCUT2D eigenvalue weighted by Crippen LogP contribution is -2.40. The van der Waals surface area contributed by atoms with Crippen LogP contribution < -0.4 is 15.4 Å². The number of sulfonamides is 1. The van der Waals surface area contributed by atoms with Gasteiger partial charge in [0, 0.05) is 11.1 Å². The molecule has 0 unspecified atom stereocenters. The molecule has 2 rings (SSSR count). The lowest BCUT2D eigenvalue weighted by atomic mass is 10.1. The van der Waals surface area contributed by atoms with Crippen molar-refractivity contribution in [3.63, 3.8) is 0 Å². The number of hydrogen-bond acceptors (Lipinski definition) is 4. The van der Waals surface area contributed by atoms with E-state index in [0.717, 1.165) is 0 Å². The van der Waals surface area contributed by atoms with Gasteiger partial charge in [0.1, 0.15) is 0 Å². The van der Waals surface area contributed by atoms with Gasteiger partial charge in [-0.3, -0.25) is 9.59 Å². The van der Waals surface area contributed by atoms with Gasteiger partial charge in [-0.1, -0.05) is 12.1 Å². The molecule has 0 aromatic heterocycles. The van der Waals surface area contributed by atoms with Crippen LogP contribution >= 0.6 is 0 Å². The third-order valence-electron chi connectivity index (χ3n) is 3.60. The first-order valence-electron chi connectivity index (χ1n) is 8.30. The van der Waals surface area contributed by atoms with Gasteiger partial charge in [0.05, 0.1) is 16.1 Å². The largest absolute Gasteiger partial charge is 0.347 e. The Kier molecular flexibility index (Phi) is 6.02. The number of hydrogen-bond donors (Lipinski definition) is 3. The van der Waals surface area contributed by atoms with Crippen molar-refractivity contribution in [1.29, 1.82) is 0 Å². The molecule has 2 amide bonds. The molecule has 0 aliphatic heterocycles. The Labute approximate surface area is 159 Å². The molecular weight excluding hydrogens is 366 g/mol. The first kappa shape index (κ1) is 20.6. The van der Waals surface area contributed by atoms with Crippen LogP contribution in [0.15, 0.2) is 53.4 Å². The van der Waals surface area contributed by atoms with Crippen LogP contribution in [-0.4, -0.2) is 32.8 Å². The van der Waals surface area contributed by atoms with Crippen molar-refractivity contribution >= 4 is 27.5 Å². The van der Waals surface area contributed by atoms with Crippen LogP contribution in [0.1, 0.15) is 41.5 Å². The summed E-state index contributed by atoms with van der Waals surface area (Å²) in [4.78, 5) is 25.0. The Balaban J connectivity index is 2.23. The molecule has 8 heteroatoms. The summed E-state index contributed by atoms with van der Waals surface area (Å²) in [6.07, 6.45) is 0. The van der Waals surface area contributed by atoms with E-state index < -0.39 is 21.5 Å². The predicted molar refractivity (Wildman–Crippen MR) is 104 cm³/mol. The van der Waals surface area contributed by atoms with Crippen LogP contribution in [0.3, 0.4) is 0 Å². The smallest absolute Gasteiger partial charge is 0.255 e. The summed E-state index contributed by atoms with van der Waals surface area (Å²) < 4.78 is 25.7. The molecule has 0 radical (unpaired) electrons. The van der Waals surface area contributed by atoms with E-state index in [1.165, 1.54) is 31.3 Å². The Morgan fingerprint density at radius 3 is 2.04 bits per heavy atom. The minimum absolute atomic E-state index is 0.0616. The second-order valence-corrected chi connectivity index (χ2v) is 8.82. The number of nitrogens with one attached hydrogen (secondary N) is 3. The fourth-order valence-electron chi connectivity index (χ4n) is 2.30. The zero-order valence-electron chi connectivity index (χ0n) is 15.7. The van der Waals surface area contributed by atoms with Crippen LogP contribution in [0.25, 0.3) is 0 Å². The Morgan fingerprint density at radius 1 is 0.889 bits per heavy atom. The molecule has 2 aromatic rings. The molecule has 0 saturated carbocycles. The van der Waals surface area contributed by atoms with Crippen LogP contribution in [0, 0.1) is 0 Å². The topological polar surface area (TPSA) is 104 Å². The molecule has 2 aromatic carbocycles. The fourth-order valence-corrected chi connectivity index (χ4v) is 3.03. The summed E-state index contributed by atoms with van der Waals surface area (Å²) in [6.45, 7) is 5.60. The second-order valence-electron chi connectivity index (χ2n) is 6.94. The Hall–Kier alpha value is -2.71. The third kappa shape index (κ3) is 5.38. The summed E-state index contributed by atoms with van der Waals surface area (Å²) in [7, 11) is -2.25. The number of anilines is 1. The highest BCUT2D eigenvalue weighted by atomic mass is 32.2. The van der Waals surface area contributed by atoms with Crippen molar-refractivity contribution in [2.75, 3.05) is 12.4 Å². The van der Waals surface area contributed by atoms with E-state index in [4.69, 9.17) is 0 Å². The molecule has 3 N–H and O–H groups in total. The summed E-state index contributed by atoms with van der Waals surface area (Å²) >= 11 is 0. The molecular formula is C19H23N3O4S. The zero-order chi connectivity index (χ0) is 20.2. The van der Waals surface area contributed by atoms with Crippen molar-refractivity contribution in [2.24, 2.45) is 0 Å². The Morgan fingerprint density at radius 2 is 1.48 bits per heavy atom. The Bertz CT molecular complexity index is 946. The number of rotatable bonds is 5. The monoisotopic (exact) mass is 389 g/mol. The molecule has 27 heavy (non-hydrogen) atoms. The summed E-state index contributed by atoms with van der Waals surface area (Å²) in [6, 6.07) is 12.2. The maximum atomic E-state index is 12.5. The van der Waals surface area contributed by atoms with Crippen molar-refractivity contribution in [3.8, 4) is 0 Å². The zero-order valence-corrected chi connectivity index (χ0v) is 16.5. The van der Waals surface area contributed by atoms with Gasteiger partial charge in [0.25, 0.3) is 11.8 Å². The number of carbonyl (C=O) groups is 2. The second kappa shape index (κ2) is 7.89. The van der Waals surface area contributed by atoms with Crippen LogP contribution in [-0.2, 0) is 10.0 Å². The van der Waals surface area contributed by atoms with Crippen molar-refractivity contribution in [3.05, 3.63) is 59.7 Å².